The maximum atomic E-state index is 13.5. The van der Waals surface area contributed by atoms with E-state index in [1.807, 2.05) is 6.07 Å². The van der Waals surface area contributed by atoms with Crippen molar-refractivity contribution >= 4 is 28.3 Å². The van der Waals surface area contributed by atoms with Crippen molar-refractivity contribution in [3.63, 3.8) is 0 Å². The molecule has 1 heterocycles. The van der Waals surface area contributed by atoms with E-state index in [9.17, 15) is 4.39 Å². The second kappa shape index (κ2) is 5.40. The van der Waals surface area contributed by atoms with Crippen LogP contribution in [0.15, 0.2) is 18.2 Å². The molecule has 2 N–H and O–H groups in total. The fourth-order valence-electron chi connectivity index (χ4n) is 1.85. The highest BCUT2D eigenvalue weighted by Crippen LogP contribution is 2.26. The van der Waals surface area contributed by atoms with Crippen LogP contribution in [0.4, 0.5) is 10.2 Å². The van der Waals surface area contributed by atoms with E-state index in [0.29, 0.717) is 17.2 Å². The molecule has 18 heavy (non-hydrogen) atoms. The molecule has 0 aliphatic rings. The Morgan fingerprint density at radius 2 is 2.17 bits per heavy atom. The Morgan fingerprint density at radius 1 is 1.39 bits per heavy atom. The lowest BCUT2D eigenvalue weighted by Gasteiger charge is -2.08. The number of methoxy groups -OCH3 is 1. The number of aryl methyl sites for hydroxylation is 1. The highest BCUT2D eigenvalue weighted by molar-refractivity contribution is 6.17. The van der Waals surface area contributed by atoms with E-state index in [4.69, 9.17) is 22.1 Å². The monoisotopic (exact) mass is 268 g/mol. The number of fused-ring (bicyclic) bond motifs is 1. The SMILES string of the molecule is COc1cc2cc(CCCCl)c(N)nc2cc1F. The number of rotatable bonds is 4. The molecule has 0 unspecified atom stereocenters. The molecule has 5 heteroatoms. The first-order chi connectivity index (χ1) is 8.65. The number of ether oxygens (including phenoxy) is 1. The summed E-state index contributed by atoms with van der Waals surface area (Å²) < 4.78 is 18.5. The van der Waals surface area contributed by atoms with E-state index in [0.717, 1.165) is 23.8 Å². The summed E-state index contributed by atoms with van der Waals surface area (Å²) >= 11 is 5.66. The summed E-state index contributed by atoms with van der Waals surface area (Å²) in [5.74, 6) is 0.768. The van der Waals surface area contributed by atoms with Crippen molar-refractivity contribution in [3.8, 4) is 5.75 Å². The summed E-state index contributed by atoms with van der Waals surface area (Å²) in [6.45, 7) is 0. The lowest BCUT2D eigenvalue weighted by atomic mass is 10.1. The van der Waals surface area contributed by atoms with Crippen LogP contribution in [0.25, 0.3) is 10.9 Å². The Labute approximate surface area is 110 Å². The third-order valence-corrected chi connectivity index (χ3v) is 3.05. The molecule has 0 aliphatic heterocycles. The standard InChI is InChI=1S/C13H14ClFN2O/c1-18-12-6-9-5-8(3-2-4-14)13(16)17-11(9)7-10(12)15/h5-7H,2-4H2,1H3,(H2,16,17). The van der Waals surface area contributed by atoms with Gasteiger partial charge in [-0.25, -0.2) is 9.37 Å². The number of aromatic nitrogens is 1. The van der Waals surface area contributed by atoms with Gasteiger partial charge in [0.15, 0.2) is 11.6 Å². The average Bonchev–Trinajstić information content (AvgIpc) is 2.36. The van der Waals surface area contributed by atoms with Crippen molar-refractivity contribution in [1.29, 1.82) is 0 Å². The summed E-state index contributed by atoms with van der Waals surface area (Å²) in [6.07, 6.45) is 1.59. The Morgan fingerprint density at radius 3 is 2.83 bits per heavy atom. The lowest BCUT2D eigenvalue weighted by molar-refractivity contribution is 0.387. The first kappa shape index (κ1) is 12.9. The van der Waals surface area contributed by atoms with E-state index < -0.39 is 5.82 Å². The molecule has 0 radical (unpaired) electrons. The molecule has 96 valence electrons. The topological polar surface area (TPSA) is 48.1 Å². The first-order valence-corrected chi connectivity index (χ1v) is 6.17. The third-order valence-electron chi connectivity index (χ3n) is 2.78. The quantitative estimate of drug-likeness (QED) is 0.867. The van der Waals surface area contributed by atoms with Crippen LogP contribution >= 0.6 is 11.6 Å². The summed E-state index contributed by atoms with van der Waals surface area (Å²) in [7, 11) is 1.43. The second-order valence-electron chi connectivity index (χ2n) is 4.00. The zero-order chi connectivity index (χ0) is 13.1. The molecule has 0 aliphatic carbocycles. The smallest absolute Gasteiger partial charge is 0.167 e. The van der Waals surface area contributed by atoms with Crippen LogP contribution in [0.5, 0.6) is 5.75 Å². The molecule has 0 spiro atoms. The first-order valence-electron chi connectivity index (χ1n) is 5.64. The Kier molecular flexibility index (Phi) is 3.87. The maximum absolute atomic E-state index is 13.5. The van der Waals surface area contributed by atoms with Gasteiger partial charge in [0, 0.05) is 17.3 Å². The van der Waals surface area contributed by atoms with Crippen LogP contribution in [0, 0.1) is 5.82 Å². The molecule has 0 atom stereocenters. The van der Waals surface area contributed by atoms with E-state index in [2.05, 4.69) is 4.98 Å². The predicted octanol–water partition coefficient (Wildman–Crippen LogP) is 3.14. The van der Waals surface area contributed by atoms with Gasteiger partial charge in [-0.3, -0.25) is 0 Å². The molecule has 0 fully saturated rings. The normalized spacial score (nSPS) is 10.8. The van der Waals surface area contributed by atoms with Crippen LogP contribution < -0.4 is 10.5 Å². The molecule has 2 aromatic rings. The van der Waals surface area contributed by atoms with Crippen LogP contribution in [-0.4, -0.2) is 18.0 Å². The Hall–Kier alpha value is -1.55. The van der Waals surface area contributed by atoms with Gasteiger partial charge in [-0.2, -0.15) is 0 Å². The minimum Gasteiger partial charge on any atom is -0.494 e. The van der Waals surface area contributed by atoms with E-state index >= 15 is 0 Å². The van der Waals surface area contributed by atoms with Gasteiger partial charge in [0.2, 0.25) is 0 Å². The van der Waals surface area contributed by atoms with E-state index in [1.165, 1.54) is 13.2 Å². The molecule has 0 saturated heterocycles. The molecule has 1 aromatic heterocycles. The van der Waals surface area contributed by atoms with Crippen LogP contribution in [0.3, 0.4) is 0 Å². The van der Waals surface area contributed by atoms with Gasteiger partial charge in [0.1, 0.15) is 5.82 Å². The van der Waals surface area contributed by atoms with Crippen LogP contribution in [0.2, 0.25) is 0 Å². The van der Waals surface area contributed by atoms with Crippen molar-refractivity contribution < 1.29 is 9.13 Å². The molecule has 2 rings (SSSR count). The molecular formula is C13H14ClFN2O. The second-order valence-corrected chi connectivity index (χ2v) is 4.38. The van der Waals surface area contributed by atoms with Gasteiger partial charge in [0.25, 0.3) is 0 Å². The maximum Gasteiger partial charge on any atom is 0.167 e. The van der Waals surface area contributed by atoms with Crippen molar-refractivity contribution in [2.24, 2.45) is 0 Å². The van der Waals surface area contributed by atoms with Crippen molar-refractivity contribution in [2.75, 3.05) is 18.7 Å². The number of benzene rings is 1. The molecule has 0 saturated carbocycles. The Bertz CT molecular complexity index is 574. The van der Waals surface area contributed by atoms with Gasteiger partial charge in [-0.05, 0) is 30.5 Å². The summed E-state index contributed by atoms with van der Waals surface area (Å²) in [4.78, 5) is 4.20. The number of hydrogen-bond donors (Lipinski definition) is 1. The fraction of sp³-hybridized carbons (Fsp3) is 0.308. The van der Waals surface area contributed by atoms with E-state index in [1.54, 1.807) is 6.07 Å². The average molecular weight is 269 g/mol. The molecule has 0 amide bonds. The highest BCUT2D eigenvalue weighted by atomic mass is 35.5. The van der Waals surface area contributed by atoms with Gasteiger partial charge in [0.05, 0.1) is 12.6 Å². The van der Waals surface area contributed by atoms with Crippen LogP contribution in [-0.2, 0) is 6.42 Å². The minimum atomic E-state index is -0.439. The summed E-state index contributed by atoms with van der Waals surface area (Å²) in [6, 6.07) is 4.86. The number of nitrogen functional groups attached to an aromatic ring is 1. The zero-order valence-electron chi connectivity index (χ0n) is 10.0. The Balaban J connectivity index is 2.51. The van der Waals surface area contributed by atoms with Crippen molar-refractivity contribution in [3.05, 3.63) is 29.6 Å². The number of pyridine rings is 1. The summed E-state index contributed by atoms with van der Waals surface area (Å²) in [5, 5.41) is 0.812. The molecule has 3 nitrogen and oxygen atoms in total. The largest absolute Gasteiger partial charge is 0.494 e. The number of nitrogens with zero attached hydrogens (tertiary/aromatic N) is 1. The van der Waals surface area contributed by atoms with Gasteiger partial charge in [-0.15, -0.1) is 11.6 Å². The van der Waals surface area contributed by atoms with Gasteiger partial charge in [-0.1, -0.05) is 0 Å². The third kappa shape index (κ3) is 2.48. The number of halogens is 2. The van der Waals surface area contributed by atoms with Crippen molar-refractivity contribution in [2.45, 2.75) is 12.8 Å². The highest BCUT2D eigenvalue weighted by Gasteiger charge is 2.09. The summed E-state index contributed by atoms with van der Waals surface area (Å²) in [5.41, 5.74) is 7.30. The number of anilines is 1. The van der Waals surface area contributed by atoms with E-state index in [-0.39, 0.29) is 5.75 Å². The van der Waals surface area contributed by atoms with Gasteiger partial charge >= 0.3 is 0 Å². The van der Waals surface area contributed by atoms with Gasteiger partial charge < -0.3 is 10.5 Å². The fourth-order valence-corrected chi connectivity index (χ4v) is 1.98. The number of alkyl halides is 1. The van der Waals surface area contributed by atoms with Crippen molar-refractivity contribution in [1.82, 2.24) is 4.98 Å². The lowest BCUT2D eigenvalue weighted by Crippen LogP contribution is -2.00. The molecule has 1 aromatic carbocycles. The number of hydrogen-bond acceptors (Lipinski definition) is 3. The minimum absolute atomic E-state index is 0.206. The van der Waals surface area contributed by atoms with Crippen LogP contribution in [0.1, 0.15) is 12.0 Å². The molecular weight excluding hydrogens is 255 g/mol. The zero-order valence-corrected chi connectivity index (χ0v) is 10.8. The number of nitrogens with two attached hydrogens (primary N) is 1. The molecule has 0 bridgehead atoms. The predicted molar refractivity (Wildman–Crippen MR) is 71.7 cm³/mol.